The smallest absolute Gasteiger partial charge is 0.138 e. The summed E-state index contributed by atoms with van der Waals surface area (Å²) in [6.45, 7) is 9.86. The highest BCUT2D eigenvalue weighted by atomic mass is 16.1. The molecule has 0 atom stereocenters. The first-order valence-corrected chi connectivity index (χ1v) is 8.91. The maximum atomic E-state index is 12.0. The lowest BCUT2D eigenvalue weighted by atomic mass is 9.87. The van der Waals surface area contributed by atoms with Gasteiger partial charge in [0.05, 0.1) is 0 Å². The molecule has 20 heavy (non-hydrogen) atoms. The van der Waals surface area contributed by atoms with Crippen molar-refractivity contribution < 1.29 is 4.79 Å². The van der Waals surface area contributed by atoms with Crippen LogP contribution in [0.1, 0.15) is 78.6 Å². The van der Waals surface area contributed by atoms with Gasteiger partial charge in [0.1, 0.15) is 5.78 Å². The molecule has 0 saturated carbocycles. The number of ketones is 1. The lowest BCUT2D eigenvalue weighted by molar-refractivity contribution is -0.127. The summed E-state index contributed by atoms with van der Waals surface area (Å²) in [4.78, 5) is 14.5. The van der Waals surface area contributed by atoms with Crippen LogP contribution in [0.5, 0.6) is 0 Å². The molecule has 0 aliphatic carbocycles. The van der Waals surface area contributed by atoms with E-state index in [1.807, 2.05) is 13.8 Å². The number of carbonyl (C=O) groups is 1. The molecule has 0 amide bonds. The summed E-state index contributed by atoms with van der Waals surface area (Å²) in [7, 11) is 0. The van der Waals surface area contributed by atoms with E-state index in [4.69, 9.17) is 0 Å². The highest BCUT2D eigenvalue weighted by Gasteiger charge is 2.25. The largest absolute Gasteiger partial charge is 0.303 e. The fourth-order valence-electron chi connectivity index (χ4n) is 3.21. The number of piperidine rings is 1. The predicted octanol–water partition coefficient (Wildman–Crippen LogP) is 4.67. The van der Waals surface area contributed by atoms with Crippen LogP contribution in [0.2, 0.25) is 0 Å². The minimum absolute atomic E-state index is 0.217. The second-order valence-corrected chi connectivity index (χ2v) is 6.79. The van der Waals surface area contributed by atoms with Crippen LogP contribution in [0.4, 0.5) is 0 Å². The fourth-order valence-corrected chi connectivity index (χ4v) is 3.21. The molecule has 1 saturated heterocycles. The maximum absolute atomic E-state index is 12.0. The van der Waals surface area contributed by atoms with E-state index in [0.717, 1.165) is 25.9 Å². The van der Waals surface area contributed by atoms with Gasteiger partial charge in [-0.2, -0.15) is 0 Å². The first kappa shape index (κ1) is 17.7. The molecule has 0 unspecified atom stereocenters. The number of carbonyl (C=O) groups excluding carboxylic acids is 1. The van der Waals surface area contributed by atoms with Crippen LogP contribution >= 0.6 is 0 Å². The number of nitrogens with zero attached hydrogens (tertiary/aromatic N) is 1. The monoisotopic (exact) mass is 281 g/mol. The van der Waals surface area contributed by atoms with E-state index in [1.165, 1.54) is 51.5 Å². The first-order chi connectivity index (χ1) is 9.65. The summed E-state index contributed by atoms with van der Waals surface area (Å²) < 4.78 is 0. The average molecular weight is 281 g/mol. The number of hydrogen-bond donors (Lipinski definition) is 0. The maximum Gasteiger partial charge on any atom is 0.138 e. The molecule has 1 heterocycles. The minimum Gasteiger partial charge on any atom is -0.303 e. The van der Waals surface area contributed by atoms with Crippen molar-refractivity contribution in [2.75, 3.05) is 19.6 Å². The molecular formula is C18H35NO. The fraction of sp³-hybridized carbons (Fsp3) is 0.944. The molecule has 1 fully saturated rings. The standard InChI is InChI=1S/C18H35NO/c1-4-5-6-7-8-9-10-13-19-14-11-17(12-15-19)18(20)16(2)3/h16-17H,4-15H2,1-3H3. The van der Waals surface area contributed by atoms with Gasteiger partial charge in [-0.05, 0) is 38.9 Å². The van der Waals surface area contributed by atoms with Gasteiger partial charge in [0.2, 0.25) is 0 Å². The minimum atomic E-state index is 0.217. The Morgan fingerprint density at radius 1 is 1.00 bits per heavy atom. The Morgan fingerprint density at radius 2 is 1.55 bits per heavy atom. The first-order valence-electron chi connectivity index (χ1n) is 8.91. The number of rotatable bonds is 10. The average Bonchev–Trinajstić information content (AvgIpc) is 2.46. The van der Waals surface area contributed by atoms with Crippen LogP contribution in [-0.4, -0.2) is 30.3 Å². The van der Waals surface area contributed by atoms with E-state index in [1.54, 1.807) is 0 Å². The topological polar surface area (TPSA) is 20.3 Å². The van der Waals surface area contributed by atoms with E-state index >= 15 is 0 Å². The van der Waals surface area contributed by atoms with Gasteiger partial charge in [-0.3, -0.25) is 4.79 Å². The van der Waals surface area contributed by atoms with Gasteiger partial charge in [-0.15, -0.1) is 0 Å². The van der Waals surface area contributed by atoms with Crippen molar-refractivity contribution in [3.05, 3.63) is 0 Å². The summed E-state index contributed by atoms with van der Waals surface area (Å²) in [5, 5.41) is 0. The van der Waals surface area contributed by atoms with Crippen molar-refractivity contribution in [2.45, 2.75) is 78.6 Å². The van der Waals surface area contributed by atoms with E-state index in [2.05, 4.69) is 11.8 Å². The van der Waals surface area contributed by atoms with Gasteiger partial charge < -0.3 is 4.90 Å². The molecule has 118 valence electrons. The van der Waals surface area contributed by atoms with Crippen LogP contribution in [-0.2, 0) is 4.79 Å². The highest BCUT2D eigenvalue weighted by Crippen LogP contribution is 2.21. The zero-order valence-electron chi connectivity index (χ0n) is 14.0. The zero-order chi connectivity index (χ0) is 14.8. The number of likely N-dealkylation sites (tertiary alicyclic amines) is 1. The van der Waals surface area contributed by atoms with Crippen molar-refractivity contribution in [1.29, 1.82) is 0 Å². The van der Waals surface area contributed by atoms with E-state index in [9.17, 15) is 4.79 Å². The molecule has 1 aliphatic rings. The van der Waals surface area contributed by atoms with E-state index < -0.39 is 0 Å². The molecule has 2 heteroatoms. The Hall–Kier alpha value is -0.370. The van der Waals surface area contributed by atoms with Crippen molar-refractivity contribution in [2.24, 2.45) is 11.8 Å². The van der Waals surface area contributed by atoms with Gasteiger partial charge >= 0.3 is 0 Å². The third kappa shape index (κ3) is 6.88. The van der Waals surface area contributed by atoms with Crippen LogP contribution in [0, 0.1) is 11.8 Å². The van der Waals surface area contributed by atoms with Crippen molar-refractivity contribution in [3.63, 3.8) is 0 Å². The van der Waals surface area contributed by atoms with Gasteiger partial charge in [-0.25, -0.2) is 0 Å². The molecule has 1 rings (SSSR count). The van der Waals surface area contributed by atoms with Crippen LogP contribution < -0.4 is 0 Å². The molecular weight excluding hydrogens is 246 g/mol. The molecule has 0 aromatic carbocycles. The number of Topliss-reactive ketones (excluding diaryl/α,β-unsaturated/α-hetero) is 1. The van der Waals surface area contributed by atoms with Crippen LogP contribution in [0.3, 0.4) is 0 Å². The van der Waals surface area contributed by atoms with E-state index in [0.29, 0.717) is 11.7 Å². The van der Waals surface area contributed by atoms with Crippen LogP contribution in [0.25, 0.3) is 0 Å². The molecule has 0 N–H and O–H groups in total. The van der Waals surface area contributed by atoms with Crippen molar-refractivity contribution >= 4 is 5.78 Å². The van der Waals surface area contributed by atoms with Gasteiger partial charge in [0, 0.05) is 11.8 Å². The third-order valence-corrected chi connectivity index (χ3v) is 4.64. The lowest BCUT2D eigenvalue weighted by Crippen LogP contribution is -2.37. The second-order valence-electron chi connectivity index (χ2n) is 6.79. The number of unbranched alkanes of at least 4 members (excludes halogenated alkanes) is 6. The molecule has 0 radical (unpaired) electrons. The van der Waals surface area contributed by atoms with Gasteiger partial charge in [0.15, 0.2) is 0 Å². The molecule has 0 bridgehead atoms. The van der Waals surface area contributed by atoms with Crippen molar-refractivity contribution in [3.8, 4) is 0 Å². The molecule has 1 aliphatic heterocycles. The molecule has 2 nitrogen and oxygen atoms in total. The summed E-state index contributed by atoms with van der Waals surface area (Å²) in [5.74, 6) is 1.05. The Bertz CT molecular complexity index is 254. The van der Waals surface area contributed by atoms with Crippen molar-refractivity contribution in [1.82, 2.24) is 4.90 Å². The zero-order valence-corrected chi connectivity index (χ0v) is 14.0. The molecule has 0 spiro atoms. The normalized spacial score (nSPS) is 17.8. The summed E-state index contributed by atoms with van der Waals surface area (Å²) in [6.07, 6.45) is 11.9. The SMILES string of the molecule is CCCCCCCCCN1CCC(C(=O)C(C)C)CC1. The molecule has 0 aromatic heterocycles. The predicted molar refractivity (Wildman–Crippen MR) is 87.0 cm³/mol. The summed E-state index contributed by atoms with van der Waals surface area (Å²) in [5.41, 5.74) is 0. The summed E-state index contributed by atoms with van der Waals surface area (Å²) >= 11 is 0. The van der Waals surface area contributed by atoms with E-state index in [-0.39, 0.29) is 5.92 Å². The second kappa shape index (κ2) is 10.4. The lowest BCUT2D eigenvalue weighted by Gasteiger charge is -2.31. The Morgan fingerprint density at radius 3 is 2.10 bits per heavy atom. The highest BCUT2D eigenvalue weighted by molar-refractivity contribution is 5.82. The number of hydrogen-bond acceptors (Lipinski definition) is 2. The van der Waals surface area contributed by atoms with Crippen LogP contribution in [0.15, 0.2) is 0 Å². The summed E-state index contributed by atoms with van der Waals surface area (Å²) in [6, 6.07) is 0. The Labute approximate surface area is 126 Å². The van der Waals surface area contributed by atoms with Gasteiger partial charge in [-0.1, -0.05) is 59.3 Å². The third-order valence-electron chi connectivity index (χ3n) is 4.64. The van der Waals surface area contributed by atoms with Gasteiger partial charge in [0.25, 0.3) is 0 Å². The Kier molecular flexibility index (Phi) is 9.17. The quantitative estimate of drug-likeness (QED) is 0.542. The Balaban J connectivity index is 2.01. The molecule has 0 aromatic rings.